The lowest BCUT2D eigenvalue weighted by Gasteiger charge is -2.19. The molecule has 1 aromatic rings. The lowest BCUT2D eigenvalue weighted by atomic mass is 10.1. The van der Waals surface area contributed by atoms with Crippen molar-refractivity contribution in [3.8, 4) is 5.75 Å². The van der Waals surface area contributed by atoms with Gasteiger partial charge in [0.15, 0.2) is 6.61 Å². The fraction of sp³-hybridized carbons (Fsp3) is 0.562. The van der Waals surface area contributed by atoms with Crippen LogP contribution in [-0.4, -0.2) is 43.1 Å². The number of hydrogen-bond acceptors (Lipinski definition) is 4. The summed E-state index contributed by atoms with van der Waals surface area (Å²) in [5.41, 5.74) is 6.12. The second-order valence-corrected chi connectivity index (χ2v) is 5.49. The van der Waals surface area contributed by atoms with E-state index in [4.69, 9.17) is 10.5 Å². The molecule has 21 heavy (non-hydrogen) atoms. The summed E-state index contributed by atoms with van der Waals surface area (Å²) in [6, 6.07) is 8.20. The highest BCUT2D eigenvalue weighted by molar-refractivity contribution is 5.75. The molecule has 1 heterocycles. The second-order valence-electron chi connectivity index (χ2n) is 5.49. The highest BCUT2D eigenvalue weighted by Crippen LogP contribution is 2.21. The zero-order valence-corrected chi connectivity index (χ0v) is 12.7. The van der Waals surface area contributed by atoms with E-state index >= 15 is 0 Å². The van der Waals surface area contributed by atoms with Crippen molar-refractivity contribution in [1.82, 2.24) is 4.90 Å². The van der Waals surface area contributed by atoms with Crippen molar-refractivity contribution in [3.63, 3.8) is 0 Å². The summed E-state index contributed by atoms with van der Waals surface area (Å²) in [6.45, 7) is 5.59. The monoisotopic (exact) mass is 291 g/mol. The van der Waals surface area contributed by atoms with Crippen LogP contribution in [0.3, 0.4) is 0 Å². The Morgan fingerprint density at radius 1 is 1.43 bits per heavy atom. The summed E-state index contributed by atoms with van der Waals surface area (Å²) in [7, 11) is 0. The van der Waals surface area contributed by atoms with Gasteiger partial charge in [-0.15, -0.1) is 0 Å². The number of rotatable bonds is 6. The van der Waals surface area contributed by atoms with E-state index in [1.807, 2.05) is 24.3 Å². The Labute approximate surface area is 126 Å². The molecule has 1 aromatic carbocycles. The molecule has 1 saturated heterocycles. The molecular weight excluding hydrogens is 266 g/mol. The van der Waals surface area contributed by atoms with Gasteiger partial charge in [-0.05, 0) is 44.5 Å². The van der Waals surface area contributed by atoms with E-state index in [2.05, 4.69) is 17.1 Å². The maximum absolute atomic E-state index is 10.7. The molecule has 0 aliphatic carbocycles. The Bertz CT molecular complexity index is 465. The van der Waals surface area contributed by atoms with Crippen molar-refractivity contribution in [1.29, 1.82) is 0 Å². The van der Waals surface area contributed by atoms with Gasteiger partial charge in [-0.1, -0.05) is 13.0 Å². The molecule has 0 bridgehead atoms. The van der Waals surface area contributed by atoms with Crippen LogP contribution in [0.5, 0.6) is 5.75 Å². The lowest BCUT2D eigenvalue weighted by molar-refractivity contribution is -0.119. The summed E-state index contributed by atoms with van der Waals surface area (Å²) >= 11 is 0. The second kappa shape index (κ2) is 7.88. The number of carbonyl (C=O) groups is 1. The summed E-state index contributed by atoms with van der Waals surface area (Å²) in [4.78, 5) is 13.2. The number of amides is 1. The van der Waals surface area contributed by atoms with E-state index in [1.54, 1.807) is 0 Å². The largest absolute Gasteiger partial charge is 0.484 e. The molecule has 0 aromatic heterocycles. The first-order valence-corrected chi connectivity index (χ1v) is 7.67. The maximum Gasteiger partial charge on any atom is 0.255 e. The quantitative estimate of drug-likeness (QED) is 0.839. The Morgan fingerprint density at radius 3 is 3.05 bits per heavy atom. The van der Waals surface area contributed by atoms with Crippen LogP contribution in [0.2, 0.25) is 0 Å². The fourth-order valence-electron chi connectivity index (χ4n) is 2.68. The maximum atomic E-state index is 10.7. The first-order valence-electron chi connectivity index (χ1n) is 7.67. The van der Waals surface area contributed by atoms with Gasteiger partial charge in [0.25, 0.3) is 5.91 Å². The summed E-state index contributed by atoms with van der Waals surface area (Å²) in [5, 5.41) is 3.57. The number of nitrogens with one attached hydrogen (secondary N) is 1. The SMILES string of the molecule is CCN1CCCC(Nc2cccc(OCC(N)=O)c2)CC1. The molecule has 3 N–H and O–H groups in total. The third-order valence-corrected chi connectivity index (χ3v) is 3.85. The molecule has 2 rings (SSSR count). The first-order chi connectivity index (χ1) is 10.2. The van der Waals surface area contributed by atoms with E-state index in [0.29, 0.717) is 11.8 Å². The normalized spacial score (nSPS) is 19.8. The predicted octanol–water partition coefficient (Wildman–Crippen LogP) is 1.84. The molecule has 1 unspecified atom stereocenters. The highest BCUT2D eigenvalue weighted by atomic mass is 16.5. The molecule has 1 amide bonds. The minimum atomic E-state index is -0.461. The van der Waals surface area contributed by atoms with Gasteiger partial charge in [-0.25, -0.2) is 0 Å². The smallest absolute Gasteiger partial charge is 0.255 e. The van der Waals surface area contributed by atoms with Crippen molar-refractivity contribution in [2.45, 2.75) is 32.2 Å². The molecule has 1 aliphatic rings. The Kier molecular flexibility index (Phi) is 5.87. The molecule has 0 spiro atoms. The standard InChI is InChI=1S/C16H25N3O2/c1-2-19-9-4-6-13(8-10-19)18-14-5-3-7-15(11-14)21-12-16(17)20/h3,5,7,11,13,18H,2,4,6,8-10,12H2,1H3,(H2,17,20). The van der Waals surface area contributed by atoms with E-state index in [1.165, 1.54) is 19.4 Å². The van der Waals surface area contributed by atoms with Gasteiger partial charge < -0.3 is 20.7 Å². The number of benzene rings is 1. The zero-order chi connectivity index (χ0) is 15.1. The number of anilines is 1. The number of primary amides is 1. The molecule has 1 fully saturated rings. The number of carbonyl (C=O) groups excluding carboxylic acids is 1. The fourth-order valence-corrected chi connectivity index (χ4v) is 2.68. The van der Waals surface area contributed by atoms with Gasteiger partial charge in [0, 0.05) is 24.3 Å². The van der Waals surface area contributed by atoms with E-state index in [0.717, 1.165) is 25.2 Å². The van der Waals surface area contributed by atoms with E-state index < -0.39 is 5.91 Å². The Morgan fingerprint density at radius 2 is 2.29 bits per heavy atom. The summed E-state index contributed by atoms with van der Waals surface area (Å²) < 4.78 is 5.33. The van der Waals surface area contributed by atoms with Crippen LogP contribution in [0.1, 0.15) is 26.2 Å². The van der Waals surface area contributed by atoms with Crippen LogP contribution in [0, 0.1) is 0 Å². The number of likely N-dealkylation sites (tertiary alicyclic amines) is 1. The van der Waals surface area contributed by atoms with Crippen molar-refractivity contribution in [2.75, 3.05) is 31.6 Å². The molecule has 0 radical (unpaired) electrons. The highest BCUT2D eigenvalue weighted by Gasteiger charge is 2.15. The number of ether oxygens (including phenoxy) is 1. The molecule has 0 saturated carbocycles. The van der Waals surface area contributed by atoms with Gasteiger partial charge in [0.2, 0.25) is 0 Å². The lowest BCUT2D eigenvalue weighted by Crippen LogP contribution is -2.26. The third-order valence-electron chi connectivity index (χ3n) is 3.85. The molecule has 5 heteroatoms. The molecule has 116 valence electrons. The molecule has 5 nitrogen and oxygen atoms in total. The summed E-state index contributed by atoms with van der Waals surface area (Å²) in [6.07, 6.45) is 3.56. The van der Waals surface area contributed by atoms with Gasteiger partial charge in [-0.2, -0.15) is 0 Å². The first kappa shape index (κ1) is 15.6. The molecule has 1 aliphatic heterocycles. The number of nitrogens with zero attached hydrogens (tertiary/aromatic N) is 1. The van der Waals surface area contributed by atoms with E-state index in [9.17, 15) is 4.79 Å². The van der Waals surface area contributed by atoms with Crippen molar-refractivity contribution in [3.05, 3.63) is 24.3 Å². The zero-order valence-electron chi connectivity index (χ0n) is 12.7. The predicted molar refractivity (Wildman–Crippen MR) is 84.5 cm³/mol. The Balaban J connectivity index is 1.90. The van der Waals surface area contributed by atoms with Crippen molar-refractivity contribution in [2.24, 2.45) is 5.73 Å². The third kappa shape index (κ3) is 5.27. The minimum absolute atomic E-state index is 0.0850. The topological polar surface area (TPSA) is 67.6 Å². The average Bonchev–Trinajstić information content (AvgIpc) is 2.71. The van der Waals surface area contributed by atoms with Crippen LogP contribution in [0.4, 0.5) is 5.69 Å². The van der Waals surface area contributed by atoms with Gasteiger partial charge in [0.1, 0.15) is 5.75 Å². The number of hydrogen-bond donors (Lipinski definition) is 2. The van der Waals surface area contributed by atoms with Gasteiger partial charge in [0.05, 0.1) is 0 Å². The van der Waals surface area contributed by atoms with Crippen molar-refractivity contribution >= 4 is 11.6 Å². The number of nitrogens with two attached hydrogens (primary N) is 1. The van der Waals surface area contributed by atoms with Gasteiger partial charge in [-0.3, -0.25) is 4.79 Å². The van der Waals surface area contributed by atoms with Crippen molar-refractivity contribution < 1.29 is 9.53 Å². The molecular formula is C16H25N3O2. The van der Waals surface area contributed by atoms with E-state index in [-0.39, 0.29) is 6.61 Å². The van der Waals surface area contributed by atoms with Crippen LogP contribution < -0.4 is 15.8 Å². The van der Waals surface area contributed by atoms with Crippen LogP contribution in [0.25, 0.3) is 0 Å². The molecule has 1 atom stereocenters. The Hall–Kier alpha value is -1.75. The minimum Gasteiger partial charge on any atom is -0.484 e. The van der Waals surface area contributed by atoms with Crippen LogP contribution in [-0.2, 0) is 4.79 Å². The summed E-state index contributed by atoms with van der Waals surface area (Å²) in [5.74, 6) is 0.208. The average molecular weight is 291 g/mol. The van der Waals surface area contributed by atoms with Crippen LogP contribution in [0.15, 0.2) is 24.3 Å². The van der Waals surface area contributed by atoms with Gasteiger partial charge >= 0.3 is 0 Å². The van der Waals surface area contributed by atoms with Crippen LogP contribution >= 0.6 is 0 Å².